The number of nitrogens with zero attached hydrogens (tertiary/aromatic N) is 2. The lowest BCUT2D eigenvalue weighted by atomic mass is 10.1. The summed E-state index contributed by atoms with van der Waals surface area (Å²) < 4.78 is 0. The highest BCUT2D eigenvalue weighted by Crippen LogP contribution is 2.13. The highest BCUT2D eigenvalue weighted by molar-refractivity contribution is 5.89. The van der Waals surface area contributed by atoms with Crippen LogP contribution >= 0.6 is 0 Å². The van der Waals surface area contributed by atoms with Gasteiger partial charge in [0.05, 0.1) is 0 Å². The van der Waals surface area contributed by atoms with Gasteiger partial charge in [0.25, 0.3) is 0 Å². The van der Waals surface area contributed by atoms with Crippen LogP contribution < -0.4 is 10.6 Å². The van der Waals surface area contributed by atoms with Crippen LogP contribution in [0.15, 0.2) is 24.3 Å². The van der Waals surface area contributed by atoms with Gasteiger partial charge >= 0.3 is 6.03 Å². The Morgan fingerprint density at radius 2 is 2.00 bits per heavy atom. The highest BCUT2D eigenvalue weighted by Gasteiger charge is 2.13. The van der Waals surface area contributed by atoms with E-state index in [2.05, 4.69) is 33.5 Å². The van der Waals surface area contributed by atoms with Crippen molar-refractivity contribution in [2.45, 2.75) is 6.54 Å². The zero-order valence-corrected chi connectivity index (χ0v) is 11.6. The monoisotopic (exact) mass is 262 g/mol. The Hall–Kier alpha value is -1.59. The lowest BCUT2D eigenvalue weighted by Crippen LogP contribution is -2.43. The molecule has 1 aromatic carbocycles. The second kappa shape index (κ2) is 6.54. The van der Waals surface area contributed by atoms with Crippen molar-refractivity contribution in [2.75, 3.05) is 45.6 Å². The first-order valence-corrected chi connectivity index (χ1v) is 6.66. The average Bonchev–Trinajstić information content (AvgIpc) is 2.42. The van der Waals surface area contributed by atoms with E-state index in [9.17, 15) is 4.79 Å². The van der Waals surface area contributed by atoms with Crippen LogP contribution in [0.5, 0.6) is 0 Å². The van der Waals surface area contributed by atoms with Crippen molar-refractivity contribution in [3.63, 3.8) is 0 Å². The van der Waals surface area contributed by atoms with Crippen molar-refractivity contribution in [3.8, 4) is 0 Å². The normalized spacial score (nSPS) is 17.2. The van der Waals surface area contributed by atoms with Gasteiger partial charge in [-0.15, -0.1) is 0 Å². The number of hydrogen-bond donors (Lipinski definition) is 2. The molecule has 1 heterocycles. The van der Waals surface area contributed by atoms with Crippen molar-refractivity contribution in [1.82, 2.24) is 15.1 Å². The summed E-state index contributed by atoms with van der Waals surface area (Å²) in [6.07, 6.45) is 0. The van der Waals surface area contributed by atoms with Crippen LogP contribution in [0.25, 0.3) is 0 Å². The number of benzene rings is 1. The van der Waals surface area contributed by atoms with Crippen molar-refractivity contribution in [2.24, 2.45) is 0 Å². The van der Waals surface area contributed by atoms with E-state index in [-0.39, 0.29) is 6.03 Å². The first-order valence-electron chi connectivity index (χ1n) is 6.66. The lowest BCUT2D eigenvalue weighted by molar-refractivity contribution is 0.148. The van der Waals surface area contributed by atoms with Crippen LogP contribution in [0.1, 0.15) is 5.56 Å². The molecule has 1 aliphatic rings. The minimum absolute atomic E-state index is 0.184. The third-order valence-electron chi connectivity index (χ3n) is 3.41. The van der Waals surface area contributed by atoms with Gasteiger partial charge in [0.1, 0.15) is 0 Å². The molecular formula is C14H22N4O. The number of carbonyl (C=O) groups excluding carboxylic acids is 1. The molecule has 1 aliphatic heterocycles. The molecule has 0 spiro atoms. The molecule has 1 fully saturated rings. The summed E-state index contributed by atoms with van der Waals surface area (Å²) in [4.78, 5) is 16.1. The van der Waals surface area contributed by atoms with Gasteiger partial charge in [-0.2, -0.15) is 0 Å². The number of hydrogen-bond acceptors (Lipinski definition) is 3. The number of carbonyl (C=O) groups is 1. The zero-order valence-electron chi connectivity index (χ0n) is 11.6. The number of piperazine rings is 1. The van der Waals surface area contributed by atoms with Crippen molar-refractivity contribution in [3.05, 3.63) is 29.8 Å². The van der Waals surface area contributed by atoms with E-state index < -0.39 is 0 Å². The summed E-state index contributed by atoms with van der Waals surface area (Å²) in [5, 5.41) is 5.35. The Bertz CT molecular complexity index is 427. The Kier molecular flexibility index (Phi) is 4.76. The van der Waals surface area contributed by atoms with Gasteiger partial charge in [-0.05, 0) is 24.7 Å². The standard InChI is InChI=1S/C14H22N4O/c1-15-14(19)16-13-5-3-4-12(10-13)11-18-8-6-17(2)7-9-18/h3-5,10H,6-9,11H2,1-2H3,(H2,15,16,19). The fraction of sp³-hybridized carbons (Fsp3) is 0.500. The maximum atomic E-state index is 11.3. The van der Waals surface area contributed by atoms with E-state index in [1.54, 1.807) is 7.05 Å². The van der Waals surface area contributed by atoms with Crippen LogP contribution in [0.4, 0.5) is 10.5 Å². The largest absolute Gasteiger partial charge is 0.341 e. The topological polar surface area (TPSA) is 47.6 Å². The maximum absolute atomic E-state index is 11.3. The van der Waals surface area contributed by atoms with E-state index in [1.807, 2.05) is 18.2 Å². The summed E-state index contributed by atoms with van der Waals surface area (Å²) >= 11 is 0. The number of rotatable bonds is 3. The molecule has 1 saturated heterocycles. The molecule has 5 nitrogen and oxygen atoms in total. The molecule has 104 valence electrons. The van der Waals surface area contributed by atoms with E-state index in [0.717, 1.165) is 38.4 Å². The van der Waals surface area contributed by atoms with Crippen molar-refractivity contribution >= 4 is 11.7 Å². The van der Waals surface area contributed by atoms with Crippen molar-refractivity contribution < 1.29 is 4.79 Å². The van der Waals surface area contributed by atoms with Crippen LogP contribution in [0, 0.1) is 0 Å². The first-order chi connectivity index (χ1) is 9.17. The van der Waals surface area contributed by atoms with Gasteiger partial charge in [0, 0.05) is 45.5 Å². The predicted molar refractivity (Wildman–Crippen MR) is 77.3 cm³/mol. The Labute approximate surface area is 114 Å². The number of urea groups is 1. The molecule has 0 bridgehead atoms. The smallest absolute Gasteiger partial charge is 0.318 e. The molecule has 2 rings (SSSR count). The maximum Gasteiger partial charge on any atom is 0.318 e. The molecule has 0 atom stereocenters. The fourth-order valence-electron chi connectivity index (χ4n) is 2.21. The molecule has 5 heteroatoms. The SMILES string of the molecule is CNC(=O)Nc1cccc(CN2CCN(C)CC2)c1. The molecule has 2 N–H and O–H groups in total. The predicted octanol–water partition coefficient (Wildman–Crippen LogP) is 1.19. The molecule has 0 unspecified atom stereocenters. The summed E-state index contributed by atoms with van der Waals surface area (Å²) in [5.74, 6) is 0. The Balaban J connectivity index is 1.93. The third-order valence-corrected chi connectivity index (χ3v) is 3.41. The Morgan fingerprint density at radius 1 is 1.26 bits per heavy atom. The average molecular weight is 262 g/mol. The number of anilines is 1. The molecule has 2 amide bonds. The summed E-state index contributed by atoms with van der Waals surface area (Å²) in [5.41, 5.74) is 2.07. The Morgan fingerprint density at radius 3 is 2.68 bits per heavy atom. The van der Waals surface area contributed by atoms with E-state index >= 15 is 0 Å². The van der Waals surface area contributed by atoms with Gasteiger partial charge in [-0.25, -0.2) is 4.79 Å². The number of likely N-dealkylation sites (N-methyl/N-ethyl adjacent to an activating group) is 1. The molecule has 1 aromatic rings. The molecule has 0 aliphatic carbocycles. The second-order valence-electron chi connectivity index (χ2n) is 4.98. The molecule has 0 radical (unpaired) electrons. The molecular weight excluding hydrogens is 240 g/mol. The number of amides is 2. The third kappa shape index (κ3) is 4.22. The second-order valence-corrected chi connectivity index (χ2v) is 4.98. The van der Waals surface area contributed by atoms with Gasteiger partial charge in [-0.3, -0.25) is 4.90 Å². The quantitative estimate of drug-likeness (QED) is 0.860. The van der Waals surface area contributed by atoms with Crippen molar-refractivity contribution in [1.29, 1.82) is 0 Å². The van der Waals surface area contributed by atoms with E-state index in [1.165, 1.54) is 5.56 Å². The first kappa shape index (κ1) is 13.8. The summed E-state index contributed by atoms with van der Waals surface area (Å²) in [6.45, 7) is 5.39. The van der Waals surface area contributed by atoms with Gasteiger partial charge in [0.15, 0.2) is 0 Å². The fourth-order valence-corrected chi connectivity index (χ4v) is 2.21. The minimum Gasteiger partial charge on any atom is -0.341 e. The molecule has 19 heavy (non-hydrogen) atoms. The summed E-state index contributed by atoms with van der Waals surface area (Å²) in [6, 6.07) is 7.84. The van der Waals surface area contributed by atoms with Gasteiger partial charge in [-0.1, -0.05) is 12.1 Å². The van der Waals surface area contributed by atoms with Crippen LogP contribution in [0.3, 0.4) is 0 Å². The minimum atomic E-state index is -0.184. The van der Waals surface area contributed by atoms with E-state index in [4.69, 9.17) is 0 Å². The number of nitrogens with one attached hydrogen (secondary N) is 2. The molecule has 0 saturated carbocycles. The van der Waals surface area contributed by atoms with Crippen LogP contribution in [0.2, 0.25) is 0 Å². The van der Waals surface area contributed by atoms with Crippen LogP contribution in [-0.4, -0.2) is 56.1 Å². The summed E-state index contributed by atoms with van der Waals surface area (Å²) in [7, 11) is 3.77. The van der Waals surface area contributed by atoms with E-state index in [0.29, 0.717) is 0 Å². The van der Waals surface area contributed by atoms with Gasteiger partial charge < -0.3 is 15.5 Å². The van der Waals surface area contributed by atoms with Gasteiger partial charge in [0.2, 0.25) is 0 Å². The molecule has 0 aromatic heterocycles. The zero-order chi connectivity index (χ0) is 13.7. The lowest BCUT2D eigenvalue weighted by Gasteiger charge is -2.32. The van der Waals surface area contributed by atoms with Crippen LogP contribution in [-0.2, 0) is 6.54 Å². The highest BCUT2D eigenvalue weighted by atomic mass is 16.2.